The van der Waals surface area contributed by atoms with Gasteiger partial charge in [0.1, 0.15) is 5.70 Å². The molecule has 0 saturated heterocycles. The molecule has 1 atom stereocenters. The second-order valence-electron chi connectivity index (χ2n) is 8.05. The Morgan fingerprint density at radius 2 is 1.74 bits per heavy atom. The molecule has 1 aliphatic heterocycles. The molecular formula is C25H24FN3O5S. The van der Waals surface area contributed by atoms with Gasteiger partial charge in [-0.15, -0.1) is 0 Å². The molecule has 4 rings (SSSR count). The molecule has 3 aromatic rings. The molecule has 1 heterocycles. The van der Waals surface area contributed by atoms with Crippen LogP contribution in [0.15, 0.2) is 83.4 Å². The number of rotatable bonds is 7. The predicted octanol–water partition coefficient (Wildman–Crippen LogP) is 3.38. The summed E-state index contributed by atoms with van der Waals surface area (Å²) in [5.74, 6) is -1.77. The van der Waals surface area contributed by atoms with Crippen LogP contribution in [0, 0.1) is 5.82 Å². The summed E-state index contributed by atoms with van der Waals surface area (Å²) in [4.78, 5) is 12.5. The largest absolute Gasteiger partial charge is 0.494 e. The lowest BCUT2D eigenvalue weighted by Crippen LogP contribution is -2.37. The molecule has 1 unspecified atom stereocenters. The zero-order valence-corrected chi connectivity index (χ0v) is 19.9. The third-order valence-corrected chi connectivity index (χ3v) is 6.84. The van der Waals surface area contributed by atoms with Crippen LogP contribution in [0.2, 0.25) is 0 Å². The fourth-order valence-electron chi connectivity index (χ4n) is 4.28. The second-order valence-corrected chi connectivity index (χ2v) is 9.61. The summed E-state index contributed by atoms with van der Waals surface area (Å²) in [5.41, 5.74) is 2.20. The van der Waals surface area contributed by atoms with E-state index < -0.39 is 27.9 Å². The van der Waals surface area contributed by atoms with E-state index in [2.05, 4.69) is 0 Å². The van der Waals surface area contributed by atoms with Crippen molar-refractivity contribution in [1.29, 1.82) is 0 Å². The lowest BCUT2D eigenvalue weighted by molar-refractivity contribution is -0.136. The van der Waals surface area contributed by atoms with Crippen molar-refractivity contribution in [2.45, 2.75) is 17.5 Å². The van der Waals surface area contributed by atoms with E-state index in [-0.39, 0.29) is 22.9 Å². The van der Waals surface area contributed by atoms with Crippen molar-refractivity contribution in [2.24, 2.45) is 5.14 Å². The van der Waals surface area contributed by atoms with Crippen LogP contribution in [0.25, 0.3) is 5.57 Å². The van der Waals surface area contributed by atoms with Gasteiger partial charge in [-0.1, -0.05) is 48.5 Å². The standard InChI is InChI=1S/C25H24FN3O5S/c1-28-23(17-8-11-19(12-9-17)35(27,32)33)22(18-10-13-21(34-2)20(26)14-18)24(25(30)31)29(28)15-16-6-4-3-5-7-16/h3-14,23H,15H2,1-2H3,(H,30,31)(H2,27,32,33). The molecule has 0 saturated carbocycles. The summed E-state index contributed by atoms with van der Waals surface area (Å²) in [6.45, 7) is 0.257. The van der Waals surface area contributed by atoms with Gasteiger partial charge in [0.2, 0.25) is 10.0 Å². The summed E-state index contributed by atoms with van der Waals surface area (Å²) >= 11 is 0. The highest BCUT2D eigenvalue weighted by Gasteiger charge is 2.41. The van der Waals surface area contributed by atoms with Gasteiger partial charge in [0.05, 0.1) is 24.6 Å². The first kappa shape index (κ1) is 24.4. The van der Waals surface area contributed by atoms with E-state index in [0.717, 1.165) is 5.56 Å². The molecule has 8 nitrogen and oxygen atoms in total. The third-order valence-electron chi connectivity index (χ3n) is 5.91. The smallest absolute Gasteiger partial charge is 0.353 e. The Hall–Kier alpha value is -3.73. The Balaban J connectivity index is 1.90. The number of primary sulfonamides is 1. The Morgan fingerprint density at radius 3 is 2.29 bits per heavy atom. The van der Waals surface area contributed by atoms with E-state index in [4.69, 9.17) is 9.88 Å². The number of hydrogen-bond donors (Lipinski definition) is 2. The summed E-state index contributed by atoms with van der Waals surface area (Å²) in [6.07, 6.45) is 0. The zero-order chi connectivity index (χ0) is 25.3. The normalized spacial score (nSPS) is 16.6. The van der Waals surface area contributed by atoms with Crippen LogP contribution in [0.4, 0.5) is 4.39 Å². The molecule has 0 aromatic heterocycles. The van der Waals surface area contributed by atoms with Gasteiger partial charge in [-0.05, 0) is 41.0 Å². The summed E-state index contributed by atoms with van der Waals surface area (Å²) in [7, 11) is -0.824. The fraction of sp³-hybridized carbons (Fsp3) is 0.160. The average molecular weight is 498 g/mol. The second kappa shape index (κ2) is 9.49. The number of carboxylic acid groups (broad SMARTS) is 1. The highest BCUT2D eigenvalue weighted by Crippen LogP contribution is 2.46. The van der Waals surface area contributed by atoms with Gasteiger partial charge in [-0.25, -0.2) is 27.8 Å². The van der Waals surface area contributed by atoms with Crippen LogP contribution in [0.3, 0.4) is 0 Å². The highest BCUT2D eigenvalue weighted by molar-refractivity contribution is 7.89. The predicted molar refractivity (Wildman–Crippen MR) is 128 cm³/mol. The Labute approximate surface area is 202 Å². The number of carbonyl (C=O) groups is 1. The fourth-order valence-corrected chi connectivity index (χ4v) is 4.79. The number of hydrogen-bond acceptors (Lipinski definition) is 6. The number of nitrogens with zero attached hydrogens (tertiary/aromatic N) is 2. The molecular weight excluding hydrogens is 473 g/mol. The first-order chi connectivity index (χ1) is 16.6. The number of benzene rings is 3. The molecule has 0 amide bonds. The Morgan fingerprint density at radius 1 is 1.09 bits per heavy atom. The maximum absolute atomic E-state index is 14.7. The van der Waals surface area contributed by atoms with Gasteiger partial charge >= 0.3 is 5.97 Å². The van der Waals surface area contributed by atoms with Gasteiger partial charge in [0, 0.05) is 12.6 Å². The number of methoxy groups -OCH3 is 1. The van der Waals surface area contributed by atoms with Crippen molar-refractivity contribution in [2.75, 3.05) is 14.2 Å². The van der Waals surface area contributed by atoms with Crippen molar-refractivity contribution in [3.63, 3.8) is 0 Å². The molecule has 182 valence electrons. The third kappa shape index (κ3) is 4.76. The van der Waals surface area contributed by atoms with E-state index in [1.54, 1.807) is 35.3 Å². The van der Waals surface area contributed by atoms with E-state index in [0.29, 0.717) is 16.7 Å². The number of nitrogens with two attached hydrogens (primary N) is 1. The first-order valence-electron chi connectivity index (χ1n) is 10.6. The summed E-state index contributed by atoms with van der Waals surface area (Å²) in [5, 5.41) is 18.9. The molecule has 3 aromatic carbocycles. The maximum Gasteiger partial charge on any atom is 0.353 e. The summed E-state index contributed by atoms with van der Waals surface area (Å²) < 4.78 is 43.2. The van der Waals surface area contributed by atoms with Crippen LogP contribution in [0.1, 0.15) is 22.7 Å². The monoisotopic (exact) mass is 497 g/mol. The Bertz CT molecular complexity index is 1390. The van der Waals surface area contributed by atoms with Crippen LogP contribution in [-0.4, -0.2) is 43.7 Å². The number of ether oxygens (including phenoxy) is 1. The lowest BCUT2D eigenvalue weighted by atomic mass is 9.92. The molecule has 0 radical (unpaired) electrons. The number of sulfonamides is 1. The minimum atomic E-state index is -3.90. The van der Waals surface area contributed by atoms with E-state index in [1.165, 1.54) is 31.4 Å². The Kier molecular flexibility index (Phi) is 6.62. The van der Waals surface area contributed by atoms with Crippen molar-refractivity contribution >= 4 is 21.6 Å². The number of hydrazine groups is 1. The van der Waals surface area contributed by atoms with E-state index >= 15 is 0 Å². The molecule has 0 spiro atoms. The molecule has 0 bridgehead atoms. The quantitative estimate of drug-likeness (QED) is 0.515. The number of halogens is 1. The van der Waals surface area contributed by atoms with Gasteiger partial charge in [-0.2, -0.15) is 0 Å². The van der Waals surface area contributed by atoms with Crippen molar-refractivity contribution in [1.82, 2.24) is 10.0 Å². The lowest BCUT2D eigenvalue weighted by Gasteiger charge is -2.32. The van der Waals surface area contributed by atoms with Gasteiger partial charge in [0.15, 0.2) is 11.6 Å². The van der Waals surface area contributed by atoms with Gasteiger partial charge in [0.25, 0.3) is 0 Å². The van der Waals surface area contributed by atoms with Crippen LogP contribution >= 0.6 is 0 Å². The minimum Gasteiger partial charge on any atom is -0.494 e. The molecule has 10 heteroatoms. The van der Waals surface area contributed by atoms with Crippen molar-refractivity contribution in [3.8, 4) is 5.75 Å². The van der Waals surface area contributed by atoms with E-state index in [1.807, 2.05) is 30.3 Å². The molecule has 1 aliphatic rings. The van der Waals surface area contributed by atoms with Crippen LogP contribution < -0.4 is 9.88 Å². The summed E-state index contributed by atoms with van der Waals surface area (Å²) in [6, 6.07) is 18.9. The topological polar surface area (TPSA) is 113 Å². The maximum atomic E-state index is 14.7. The van der Waals surface area contributed by atoms with Gasteiger partial charge < -0.3 is 9.84 Å². The van der Waals surface area contributed by atoms with Gasteiger partial charge in [-0.3, -0.25) is 5.01 Å². The molecule has 3 N–H and O–H groups in total. The van der Waals surface area contributed by atoms with Crippen molar-refractivity contribution < 1.29 is 27.4 Å². The minimum absolute atomic E-state index is 0.0126. The zero-order valence-electron chi connectivity index (χ0n) is 19.1. The van der Waals surface area contributed by atoms with Crippen molar-refractivity contribution in [3.05, 3.63) is 101 Å². The van der Waals surface area contributed by atoms with Crippen LogP contribution in [0.5, 0.6) is 5.75 Å². The van der Waals surface area contributed by atoms with Crippen LogP contribution in [-0.2, 0) is 21.4 Å². The number of carboxylic acids is 1. The average Bonchev–Trinajstić information content (AvgIpc) is 3.11. The van der Waals surface area contributed by atoms with E-state index in [9.17, 15) is 22.7 Å². The first-order valence-corrected chi connectivity index (χ1v) is 12.1. The number of likely N-dealkylation sites (N-methyl/N-ethyl adjacent to an activating group) is 1. The molecule has 35 heavy (non-hydrogen) atoms. The number of aliphatic carboxylic acids is 1. The highest BCUT2D eigenvalue weighted by atomic mass is 32.2. The SMILES string of the molecule is COc1ccc(C2=C(C(=O)O)N(Cc3ccccc3)N(C)C2c2ccc(S(N)(=O)=O)cc2)cc1F. The molecule has 0 fully saturated rings. The molecule has 0 aliphatic carbocycles.